The highest BCUT2D eigenvalue weighted by atomic mass is 35.5. The summed E-state index contributed by atoms with van der Waals surface area (Å²) in [6, 6.07) is 9.58. The van der Waals surface area contributed by atoms with Gasteiger partial charge in [0.2, 0.25) is 0 Å². The predicted molar refractivity (Wildman–Crippen MR) is 95.1 cm³/mol. The first-order chi connectivity index (χ1) is 10.7. The van der Waals surface area contributed by atoms with Crippen molar-refractivity contribution in [2.24, 2.45) is 5.73 Å². The van der Waals surface area contributed by atoms with Crippen molar-refractivity contribution in [2.75, 3.05) is 13.1 Å². The molecule has 1 fully saturated rings. The maximum absolute atomic E-state index is 12.7. The highest BCUT2D eigenvalue weighted by molar-refractivity contribution is 7.07. The number of benzene rings is 1. The molecule has 23 heavy (non-hydrogen) atoms. The summed E-state index contributed by atoms with van der Waals surface area (Å²) in [6.45, 7) is 3.72. The molecule has 2 atom stereocenters. The van der Waals surface area contributed by atoms with Crippen LogP contribution < -0.4 is 5.73 Å². The van der Waals surface area contributed by atoms with Crippen molar-refractivity contribution in [3.05, 3.63) is 57.8 Å². The first kappa shape index (κ1) is 17.9. The Morgan fingerprint density at radius 1 is 1.30 bits per heavy atom. The molecule has 1 aliphatic rings. The standard InChI is InChI=1S/C17H20N2O2S.ClH/c1-12-9-19(10-16(21-12)15-6-7-22-11-15)17(20)14-4-2-13(8-18)3-5-14;/h2-7,11-12,16H,8-10,18H2,1H3;1H. The van der Waals surface area contributed by atoms with Crippen LogP contribution in [0.5, 0.6) is 0 Å². The number of rotatable bonds is 3. The average Bonchev–Trinajstić information content (AvgIpc) is 3.08. The Bertz CT molecular complexity index is 631. The molecule has 2 aromatic rings. The van der Waals surface area contributed by atoms with Crippen LogP contribution in [0, 0.1) is 0 Å². The SMILES string of the molecule is CC1CN(C(=O)c2ccc(CN)cc2)CC(c2ccsc2)O1.Cl. The molecule has 1 amide bonds. The van der Waals surface area contributed by atoms with Gasteiger partial charge in [-0.15, -0.1) is 12.4 Å². The van der Waals surface area contributed by atoms with Gasteiger partial charge in [0.25, 0.3) is 5.91 Å². The lowest BCUT2D eigenvalue weighted by atomic mass is 10.1. The van der Waals surface area contributed by atoms with Crippen LogP contribution >= 0.6 is 23.7 Å². The minimum atomic E-state index is -0.0396. The van der Waals surface area contributed by atoms with Crippen molar-refractivity contribution in [2.45, 2.75) is 25.7 Å². The maximum atomic E-state index is 12.7. The van der Waals surface area contributed by atoms with E-state index in [9.17, 15) is 4.79 Å². The van der Waals surface area contributed by atoms with Crippen molar-refractivity contribution in [3.63, 3.8) is 0 Å². The fraction of sp³-hybridized carbons (Fsp3) is 0.353. The van der Waals surface area contributed by atoms with Crippen LogP contribution in [0.25, 0.3) is 0 Å². The molecular formula is C17H21ClN2O2S. The molecule has 0 bridgehead atoms. The summed E-state index contributed by atoms with van der Waals surface area (Å²) < 4.78 is 5.98. The maximum Gasteiger partial charge on any atom is 0.254 e. The zero-order valence-electron chi connectivity index (χ0n) is 13.0. The first-order valence-corrected chi connectivity index (χ1v) is 8.37. The van der Waals surface area contributed by atoms with Gasteiger partial charge in [0.15, 0.2) is 0 Å². The van der Waals surface area contributed by atoms with E-state index in [0.717, 1.165) is 11.1 Å². The normalized spacial score (nSPS) is 20.9. The molecule has 2 unspecified atom stereocenters. The molecule has 2 heterocycles. The number of carbonyl (C=O) groups excluding carboxylic acids is 1. The highest BCUT2D eigenvalue weighted by Crippen LogP contribution is 2.27. The summed E-state index contributed by atoms with van der Waals surface area (Å²) in [6.07, 6.45) is -0.00631. The number of amides is 1. The Hall–Kier alpha value is -1.40. The quantitative estimate of drug-likeness (QED) is 0.922. The second-order valence-corrected chi connectivity index (χ2v) is 6.38. The summed E-state index contributed by atoms with van der Waals surface area (Å²) >= 11 is 1.65. The number of morpholine rings is 1. The smallest absolute Gasteiger partial charge is 0.254 e. The molecule has 124 valence electrons. The number of halogens is 1. The number of thiophene rings is 1. The van der Waals surface area contributed by atoms with Gasteiger partial charge in [0.05, 0.1) is 12.6 Å². The Labute approximate surface area is 146 Å². The van der Waals surface area contributed by atoms with Crippen molar-refractivity contribution in [1.82, 2.24) is 4.90 Å². The lowest BCUT2D eigenvalue weighted by Gasteiger charge is -2.36. The zero-order valence-corrected chi connectivity index (χ0v) is 14.6. The summed E-state index contributed by atoms with van der Waals surface area (Å²) in [5.74, 6) is 0.0546. The molecule has 6 heteroatoms. The van der Waals surface area contributed by atoms with Crippen molar-refractivity contribution in [1.29, 1.82) is 0 Å². The summed E-state index contributed by atoms with van der Waals surface area (Å²) in [5.41, 5.74) is 8.48. The molecule has 1 aromatic carbocycles. The number of nitrogens with two attached hydrogens (primary N) is 1. The number of nitrogens with zero attached hydrogens (tertiary/aromatic N) is 1. The highest BCUT2D eigenvalue weighted by Gasteiger charge is 2.30. The van der Waals surface area contributed by atoms with Crippen molar-refractivity contribution >= 4 is 29.7 Å². The van der Waals surface area contributed by atoms with Crippen LogP contribution in [-0.2, 0) is 11.3 Å². The molecule has 0 radical (unpaired) electrons. The van der Waals surface area contributed by atoms with Crippen LogP contribution in [0.15, 0.2) is 41.1 Å². The predicted octanol–water partition coefficient (Wildman–Crippen LogP) is 3.23. The van der Waals surface area contributed by atoms with Gasteiger partial charge >= 0.3 is 0 Å². The summed E-state index contributed by atoms with van der Waals surface area (Å²) in [4.78, 5) is 14.6. The van der Waals surface area contributed by atoms with Crippen molar-refractivity contribution < 1.29 is 9.53 Å². The number of hydrogen-bond donors (Lipinski definition) is 1. The third kappa shape index (κ3) is 4.12. The number of hydrogen-bond acceptors (Lipinski definition) is 4. The monoisotopic (exact) mass is 352 g/mol. The molecule has 1 saturated heterocycles. The zero-order chi connectivity index (χ0) is 15.5. The van der Waals surface area contributed by atoms with E-state index in [0.29, 0.717) is 25.2 Å². The van der Waals surface area contributed by atoms with Crippen LogP contribution in [0.3, 0.4) is 0 Å². The second kappa shape index (κ2) is 7.93. The fourth-order valence-corrected chi connectivity index (χ4v) is 3.43. The van der Waals surface area contributed by atoms with Gasteiger partial charge in [0.1, 0.15) is 6.10 Å². The van der Waals surface area contributed by atoms with E-state index in [1.54, 1.807) is 11.3 Å². The van der Waals surface area contributed by atoms with Crippen molar-refractivity contribution in [3.8, 4) is 0 Å². The third-order valence-corrected chi connectivity index (χ3v) is 4.60. The van der Waals surface area contributed by atoms with Gasteiger partial charge in [-0.3, -0.25) is 4.79 Å². The van der Waals surface area contributed by atoms with Gasteiger partial charge < -0.3 is 15.4 Å². The third-order valence-electron chi connectivity index (χ3n) is 3.90. The first-order valence-electron chi connectivity index (χ1n) is 7.43. The Morgan fingerprint density at radius 3 is 2.65 bits per heavy atom. The largest absolute Gasteiger partial charge is 0.367 e. The van der Waals surface area contributed by atoms with Crippen LogP contribution in [0.1, 0.15) is 34.5 Å². The minimum Gasteiger partial charge on any atom is -0.367 e. The molecule has 0 spiro atoms. The van der Waals surface area contributed by atoms with Gasteiger partial charge in [-0.2, -0.15) is 11.3 Å². The molecule has 1 aromatic heterocycles. The molecule has 0 aliphatic carbocycles. The van der Waals surface area contributed by atoms with Gasteiger partial charge in [-0.05, 0) is 47.0 Å². The second-order valence-electron chi connectivity index (χ2n) is 5.60. The van der Waals surface area contributed by atoms with Crippen LogP contribution in [0.2, 0.25) is 0 Å². The average molecular weight is 353 g/mol. The minimum absolute atomic E-state index is 0. The van der Waals surface area contributed by atoms with Gasteiger partial charge in [0, 0.05) is 18.7 Å². The molecule has 0 saturated carbocycles. The fourth-order valence-electron chi connectivity index (χ4n) is 2.73. The molecule has 2 N–H and O–H groups in total. The van der Waals surface area contributed by atoms with Crippen LogP contribution in [-0.4, -0.2) is 30.0 Å². The van der Waals surface area contributed by atoms with E-state index >= 15 is 0 Å². The molecule has 3 rings (SSSR count). The van der Waals surface area contributed by atoms with E-state index in [1.807, 2.05) is 41.5 Å². The molecule has 1 aliphatic heterocycles. The Morgan fingerprint density at radius 2 is 2.04 bits per heavy atom. The van der Waals surface area contributed by atoms with Gasteiger partial charge in [-0.1, -0.05) is 12.1 Å². The Balaban J connectivity index is 0.00000192. The lowest BCUT2D eigenvalue weighted by Crippen LogP contribution is -2.45. The van der Waals surface area contributed by atoms with E-state index in [2.05, 4.69) is 11.4 Å². The van der Waals surface area contributed by atoms with Gasteiger partial charge in [-0.25, -0.2) is 0 Å². The van der Waals surface area contributed by atoms with E-state index < -0.39 is 0 Å². The number of carbonyl (C=O) groups is 1. The number of ether oxygens (including phenoxy) is 1. The summed E-state index contributed by atoms with van der Waals surface area (Å²) in [7, 11) is 0. The van der Waals surface area contributed by atoms with E-state index in [4.69, 9.17) is 10.5 Å². The van der Waals surface area contributed by atoms with E-state index in [1.165, 1.54) is 0 Å². The molecular weight excluding hydrogens is 332 g/mol. The lowest BCUT2D eigenvalue weighted by molar-refractivity contribution is -0.0690. The van der Waals surface area contributed by atoms with Crippen LogP contribution in [0.4, 0.5) is 0 Å². The Kier molecular flexibility index (Phi) is 6.18. The summed E-state index contributed by atoms with van der Waals surface area (Å²) in [5, 5.41) is 4.12. The van der Waals surface area contributed by atoms with E-state index in [-0.39, 0.29) is 30.5 Å². The topological polar surface area (TPSA) is 55.6 Å². The molecule has 4 nitrogen and oxygen atoms in total.